The topological polar surface area (TPSA) is 32.3 Å². The molecule has 2 heterocycles. The predicted molar refractivity (Wildman–Crippen MR) is 65.7 cm³/mol. The summed E-state index contributed by atoms with van der Waals surface area (Å²) in [5.74, 6) is 1.07. The molecule has 0 saturated carbocycles. The number of hydrogen-bond acceptors (Lipinski definition) is 4. The van der Waals surface area contributed by atoms with Gasteiger partial charge in [0.15, 0.2) is 0 Å². The van der Waals surface area contributed by atoms with Crippen LogP contribution in [0.3, 0.4) is 0 Å². The first-order valence-electron chi connectivity index (χ1n) is 5.87. The van der Waals surface area contributed by atoms with E-state index < -0.39 is 0 Å². The molecule has 0 aromatic carbocycles. The molecule has 0 unspecified atom stereocenters. The fourth-order valence-corrected chi connectivity index (χ4v) is 2.22. The highest BCUT2D eigenvalue weighted by Crippen LogP contribution is 2.19. The Labute approximate surface area is 97.3 Å². The van der Waals surface area contributed by atoms with Crippen molar-refractivity contribution in [1.82, 2.24) is 14.9 Å². The van der Waals surface area contributed by atoms with Crippen LogP contribution in [0.4, 0.5) is 5.82 Å². The van der Waals surface area contributed by atoms with E-state index in [4.69, 9.17) is 0 Å². The first-order chi connectivity index (χ1) is 7.66. The maximum absolute atomic E-state index is 4.33. The number of aryl methyl sites for hydroxylation is 1. The quantitative estimate of drug-likeness (QED) is 0.752. The zero-order valence-electron chi connectivity index (χ0n) is 10.3. The second-order valence-electron chi connectivity index (χ2n) is 4.70. The Morgan fingerprint density at radius 3 is 2.50 bits per heavy atom. The molecule has 4 nitrogen and oxygen atoms in total. The van der Waals surface area contributed by atoms with Gasteiger partial charge in [-0.1, -0.05) is 0 Å². The molecule has 1 aromatic heterocycles. The van der Waals surface area contributed by atoms with Gasteiger partial charge in [0.2, 0.25) is 0 Å². The van der Waals surface area contributed by atoms with E-state index in [9.17, 15) is 0 Å². The number of hydrogen-bond donors (Lipinski definition) is 0. The van der Waals surface area contributed by atoms with Crippen LogP contribution in [0.5, 0.6) is 0 Å². The molecule has 88 valence electrons. The largest absolute Gasteiger partial charge is 0.356 e. The van der Waals surface area contributed by atoms with Crippen molar-refractivity contribution in [3.05, 3.63) is 18.1 Å². The molecule has 16 heavy (non-hydrogen) atoms. The molecule has 2 rings (SSSR count). The molecule has 0 aliphatic carbocycles. The maximum atomic E-state index is 4.33. The molecule has 0 spiro atoms. The van der Waals surface area contributed by atoms with Gasteiger partial charge in [-0.15, -0.1) is 0 Å². The van der Waals surface area contributed by atoms with Crippen molar-refractivity contribution in [1.29, 1.82) is 0 Å². The van der Waals surface area contributed by atoms with Gasteiger partial charge in [0.05, 0.1) is 0 Å². The van der Waals surface area contributed by atoms with Gasteiger partial charge in [0.1, 0.15) is 12.1 Å². The summed E-state index contributed by atoms with van der Waals surface area (Å²) in [5.41, 5.74) is 1.04. The molecule has 0 atom stereocenters. The molecule has 0 bridgehead atoms. The second kappa shape index (κ2) is 4.78. The third kappa shape index (κ3) is 2.50. The van der Waals surface area contributed by atoms with E-state index in [1.165, 1.54) is 12.8 Å². The Bertz CT molecular complexity index is 343. The van der Waals surface area contributed by atoms with Crippen molar-refractivity contribution >= 4 is 5.82 Å². The molecule has 0 N–H and O–H groups in total. The second-order valence-corrected chi connectivity index (χ2v) is 4.70. The van der Waals surface area contributed by atoms with Gasteiger partial charge < -0.3 is 9.80 Å². The van der Waals surface area contributed by atoms with Gasteiger partial charge in [0.25, 0.3) is 0 Å². The monoisotopic (exact) mass is 220 g/mol. The molecule has 1 aliphatic rings. The number of anilines is 1. The minimum atomic E-state index is 0.721. The highest BCUT2D eigenvalue weighted by molar-refractivity contribution is 5.39. The van der Waals surface area contributed by atoms with Crippen molar-refractivity contribution in [2.24, 2.45) is 0 Å². The maximum Gasteiger partial charge on any atom is 0.132 e. The minimum absolute atomic E-state index is 0.721. The minimum Gasteiger partial charge on any atom is -0.356 e. The predicted octanol–water partition coefficient (Wildman–Crippen LogP) is 1.32. The van der Waals surface area contributed by atoms with Gasteiger partial charge in [-0.25, -0.2) is 9.97 Å². The molecular formula is C12H20N4. The normalized spacial score (nSPS) is 18.1. The number of nitrogens with zero attached hydrogens (tertiary/aromatic N) is 4. The van der Waals surface area contributed by atoms with Crippen LogP contribution in [0.25, 0.3) is 0 Å². The molecule has 1 fully saturated rings. The van der Waals surface area contributed by atoms with Crippen LogP contribution in [0.1, 0.15) is 18.5 Å². The van der Waals surface area contributed by atoms with Crippen molar-refractivity contribution in [2.75, 3.05) is 32.1 Å². The van der Waals surface area contributed by atoms with E-state index in [2.05, 4.69) is 39.9 Å². The summed E-state index contributed by atoms with van der Waals surface area (Å²) in [6, 6.07) is 2.79. The third-order valence-corrected chi connectivity index (χ3v) is 3.31. The summed E-state index contributed by atoms with van der Waals surface area (Å²) >= 11 is 0. The SMILES string of the molecule is Cc1cc(N2CCC(N(C)C)CC2)ncn1. The van der Waals surface area contributed by atoms with E-state index >= 15 is 0 Å². The van der Waals surface area contributed by atoms with Crippen molar-refractivity contribution in [3.8, 4) is 0 Å². The lowest BCUT2D eigenvalue weighted by molar-refractivity contribution is 0.249. The third-order valence-electron chi connectivity index (χ3n) is 3.31. The van der Waals surface area contributed by atoms with Crippen LogP contribution in [0.2, 0.25) is 0 Å². The summed E-state index contributed by atoms with van der Waals surface area (Å²) in [6.07, 6.45) is 4.09. The lowest BCUT2D eigenvalue weighted by Gasteiger charge is -2.35. The van der Waals surface area contributed by atoms with E-state index in [0.717, 1.165) is 30.6 Å². The van der Waals surface area contributed by atoms with Crippen LogP contribution in [-0.4, -0.2) is 48.1 Å². The average Bonchev–Trinajstić information content (AvgIpc) is 2.29. The highest BCUT2D eigenvalue weighted by Gasteiger charge is 2.21. The van der Waals surface area contributed by atoms with E-state index in [-0.39, 0.29) is 0 Å². The van der Waals surface area contributed by atoms with Crippen molar-refractivity contribution in [3.63, 3.8) is 0 Å². The van der Waals surface area contributed by atoms with Gasteiger partial charge in [-0.3, -0.25) is 0 Å². The average molecular weight is 220 g/mol. The standard InChI is InChI=1S/C12H20N4/c1-10-8-12(14-9-13-10)16-6-4-11(5-7-16)15(2)3/h8-9,11H,4-7H2,1-3H3. The summed E-state index contributed by atoms with van der Waals surface area (Å²) in [7, 11) is 4.32. The van der Waals surface area contributed by atoms with Crippen LogP contribution in [0.15, 0.2) is 12.4 Å². The number of rotatable bonds is 2. The Balaban J connectivity index is 1.99. The van der Waals surface area contributed by atoms with E-state index in [1.54, 1.807) is 6.33 Å². The molecule has 1 saturated heterocycles. The highest BCUT2D eigenvalue weighted by atomic mass is 15.2. The Morgan fingerprint density at radius 2 is 1.94 bits per heavy atom. The Kier molecular flexibility index (Phi) is 3.39. The smallest absolute Gasteiger partial charge is 0.132 e. The van der Waals surface area contributed by atoms with Crippen LogP contribution in [0, 0.1) is 6.92 Å². The number of aromatic nitrogens is 2. The lowest BCUT2D eigenvalue weighted by Crippen LogP contribution is -2.42. The van der Waals surface area contributed by atoms with Crippen LogP contribution < -0.4 is 4.90 Å². The lowest BCUT2D eigenvalue weighted by atomic mass is 10.0. The van der Waals surface area contributed by atoms with Gasteiger partial charge >= 0.3 is 0 Å². The Hall–Kier alpha value is -1.16. The first kappa shape index (κ1) is 11.3. The van der Waals surface area contributed by atoms with E-state index in [0.29, 0.717) is 0 Å². The summed E-state index contributed by atoms with van der Waals surface area (Å²) in [5, 5.41) is 0. The van der Waals surface area contributed by atoms with Gasteiger partial charge in [-0.2, -0.15) is 0 Å². The summed E-state index contributed by atoms with van der Waals surface area (Å²) in [6.45, 7) is 4.20. The van der Waals surface area contributed by atoms with Gasteiger partial charge in [0, 0.05) is 30.9 Å². The molecule has 1 aromatic rings. The zero-order chi connectivity index (χ0) is 11.5. The molecule has 1 aliphatic heterocycles. The molecule has 0 amide bonds. The molecule has 4 heteroatoms. The van der Waals surface area contributed by atoms with Crippen molar-refractivity contribution < 1.29 is 0 Å². The summed E-state index contributed by atoms with van der Waals surface area (Å²) in [4.78, 5) is 13.1. The van der Waals surface area contributed by atoms with Crippen molar-refractivity contribution in [2.45, 2.75) is 25.8 Å². The molecular weight excluding hydrogens is 200 g/mol. The van der Waals surface area contributed by atoms with E-state index in [1.807, 2.05) is 6.92 Å². The first-order valence-corrected chi connectivity index (χ1v) is 5.87. The fraction of sp³-hybridized carbons (Fsp3) is 0.667. The summed E-state index contributed by atoms with van der Waals surface area (Å²) < 4.78 is 0. The number of piperidine rings is 1. The van der Waals surface area contributed by atoms with Gasteiger partial charge in [-0.05, 0) is 33.9 Å². The Morgan fingerprint density at radius 1 is 1.25 bits per heavy atom. The molecule has 0 radical (unpaired) electrons. The zero-order valence-corrected chi connectivity index (χ0v) is 10.3. The fourth-order valence-electron chi connectivity index (χ4n) is 2.22. The van der Waals surface area contributed by atoms with Crippen LogP contribution >= 0.6 is 0 Å². The van der Waals surface area contributed by atoms with Crippen LogP contribution in [-0.2, 0) is 0 Å².